The van der Waals surface area contributed by atoms with Crippen LogP contribution < -0.4 is 38.9 Å². The first kappa shape index (κ1) is 41.0. The summed E-state index contributed by atoms with van der Waals surface area (Å²) in [6, 6.07) is 21.3. The summed E-state index contributed by atoms with van der Waals surface area (Å²) in [7, 11) is 0. The molecule has 0 spiro atoms. The number of aliphatic carboxylic acids is 1. The summed E-state index contributed by atoms with van der Waals surface area (Å²) in [6.45, 7) is 2.13. The predicted octanol–water partition coefficient (Wildman–Crippen LogP) is 1.65. The molecular formula is C34H42F3N9O5. The number of carbonyl (C=O) groups excluding carboxylic acids is 3. The van der Waals surface area contributed by atoms with Crippen LogP contribution >= 0.6 is 0 Å². The molecule has 51 heavy (non-hydrogen) atoms. The molecule has 0 radical (unpaired) electrons. The van der Waals surface area contributed by atoms with Crippen LogP contribution in [0.4, 0.5) is 18.9 Å². The van der Waals surface area contributed by atoms with Gasteiger partial charge < -0.3 is 44.0 Å². The van der Waals surface area contributed by atoms with Crippen molar-refractivity contribution in [3.05, 3.63) is 101 Å². The summed E-state index contributed by atoms with van der Waals surface area (Å²) in [4.78, 5) is 49.0. The predicted molar refractivity (Wildman–Crippen MR) is 185 cm³/mol. The molecule has 0 aromatic heterocycles. The van der Waals surface area contributed by atoms with E-state index in [2.05, 4.69) is 16.0 Å². The van der Waals surface area contributed by atoms with Crippen LogP contribution in [0.25, 0.3) is 0 Å². The molecular weight excluding hydrogens is 671 g/mol. The largest absolute Gasteiger partial charge is 0.490 e. The number of guanidine groups is 1. The highest BCUT2D eigenvalue weighted by atomic mass is 19.4. The van der Waals surface area contributed by atoms with E-state index in [0.717, 1.165) is 16.7 Å². The second-order valence-electron chi connectivity index (χ2n) is 11.7. The number of alkyl halides is 3. The van der Waals surface area contributed by atoms with Crippen LogP contribution in [0.15, 0.2) is 78.9 Å². The Morgan fingerprint density at radius 2 is 1.37 bits per heavy atom. The number of amidine groups is 1. The molecule has 14 nitrogen and oxygen atoms in total. The Labute approximate surface area is 292 Å². The number of benzene rings is 3. The average Bonchev–Trinajstić information content (AvgIpc) is 3.06. The molecule has 0 aliphatic carbocycles. The van der Waals surface area contributed by atoms with Gasteiger partial charge in [-0.1, -0.05) is 66.7 Å². The zero-order valence-corrected chi connectivity index (χ0v) is 27.7. The van der Waals surface area contributed by atoms with Crippen LogP contribution in [0.1, 0.15) is 42.0 Å². The Morgan fingerprint density at radius 1 is 0.824 bits per heavy atom. The third-order valence-corrected chi connectivity index (χ3v) is 7.66. The number of nitrogens with one attached hydrogen (secondary N) is 5. The lowest BCUT2D eigenvalue weighted by molar-refractivity contribution is -0.192. The number of rotatable bonds is 15. The molecule has 274 valence electrons. The van der Waals surface area contributed by atoms with Crippen molar-refractivity contribution in [2.24, 2.45) is 17.2 Å². The highest BCUT2D eigenvalue weighted by Gasteiger charge is 2.39. The summed E-state index contributed by atoms with van der Waals surface area (Å²) >= 11 is 0. The minimum Gasteiger partial charge on any atom is -0.475 e. The van der Waals surface area contributed by atoms with Gasteiger partial charge in [-0.25, -0.2) is 4.79 Å². The third-order valence-electron chi connectivity index (χ3n) is 7.66. The Hall–Kier alpha value is -6.13. The lowest BCUT2D eigenvalue weighted by atomic mass is 9.76. The van der Waals surface area contributed by atoms with Crippen LogP contribution in [0.5, 0.6) is 0 Å². The van der Waals surface area contributed by atoms with Crippen LogP contribution in [0.2, 0.25) is 0 Å². The number of halogens is 3. The topological polar surface area (TPSA) is 276 Å². The normalized spacial score (nSPS) is 13.2. The minimum absolute atomic E-state index is 0.0546. The molecule has 0 saturated carbocycles. The van der Waals surface area contributed by atoms with Gasteiger partial charge in [0, 0.05) is 24.2 Å². The number of hydrogen-bond acceptors (Lipinski definition) is 7. The number of carboxylic acids is 1. The third kappa shape index (κ3) is 13.4. The fourth-order valence-corrected chi connectivity index (χ4v) is 4.83. The molecule has 3 aromatic carbocycles. The van der Waals surface area contributed by atoms with E-state index < -0.39 is 47.4 Å². The average molecular weight is 714 g/mol. The Kier molecular flexibility index (Phi) is 15.0. The number of nitrogens with two attached hydrogens (primary N) is 4. The van der Waals surface area contributed by atoms with Crippen LogP contribution in [0.3, 0.4) is 0 Å². The summed E-state index contributed by atoms with van der Waals surface area (Å²) in [5, 5.41) is 30.4. The van der Waals surface area contributed by atoms with E-state index in [0.29, 0.717) is 30.6 Å². The van der Waals surface area contributed by atoms with Gasteiger partial charge in [0.1, 0.15) is 17.9 Å². The molecule has 3 rings (SSSR count). The van der Waals surface area contributed by atoms with Gasteiger partial charge in [0.25, 0.3) is 0 Å². The molecule has 0 unspecified atom stereocenters. The number of hydrogen-bond donors (Lipinski definition) is 10. The lowest BCUT2D eigenvalue weighted by Gasteiger charge is -2.32. The summed E-state index contributed by atoms with van der Waals surface area (Å²) in [6.07, 6.45) is -4.03. The second kappa shape index (κ2) is 18.6. The van der Waals surface area contributed by atoms with Crippen molar-refractivity contribution in [2.75, 3.05) is 12.3 Å². The molecule has 0 aliphatic heterocycles. The summed E-state index contributed by atoms with van der Waals surface area (Å²) < 4.78 is 31.7. The summed E-state index contributed by atoms with van der Waals surface area (Å²) in [5.41, 5.74) is 24.7. The molecule has 0 fully saturated rings. The van der Waals surface area contributed by atoms with E-state index in [1.54, 1.807) is 36.4 Å². The number of anilines is 1. The van der Waals surface area contributed by atoms with E-state index in [-0.39, 0.29) is 24.6 Å². The zero-order valence-electron chi connectivity index (χ0n) is 27.7. The molecule has 3 amide bonds. The maximum atomic E-state index is 14.2. The standard InChI is InChI=1S/C32H41N9O3.C2HF3O2/c1-32(23-6-3-2-4-7-23,19-21-9-13-22(14-10-21)27(34)35)30(44)41-26(18-20-11-15-24(33)16-12-20)29(43)40-25(28(36)42)8-5-17-39-31(37)38;3-2(4,5)1(6)7/h2-4,6-7,9-16,25-26H,5,8,17-19,33H2,1H3,(H3,34,35)(H2,36,42)(H,40,43)(H,41,44)(H4,37,38,39);(H,6,7)/t25-,26-,32+;/m0./s1. The van der Waals surface area contributed by atoms with Gasteiger partial charge in [0.2, 0.25) is 17.7 Å². The van der Waals surface area contributed by atoms with Crippen LogP contribution in [0, 0.1) is 10.8 Å². The van der Waals surface area contributed by atoms with Crippen molar-refractivity contribution in [1.82, 2.24) is 16.0 Å². The fraction of sp³-hybridized carbons (Fsp3) is 0.294. The van der Waals surface area contributed by atoms with Gasteiger partial charge in [-0.2, -0.15) is 13.2 Å². The van der Waals surface area contributed by atoms with Crippen molar-refractivity contribution in [3.8, 4) is 0 Å². The molecule has 0 aliphatic rings. The Balaban J connectivity index is 0.00000116. The van der Waals surface area contributed by atoms with E-state index in [4.69, 9.17) is 43.7 Å². The molecule has 0 saturated heterocycles. The van der Waals surface area contributed by atoms with Crippen molar-refractivity contribution < 1.29 is 37.5 Å². The highest BCUT2D eigenvalue weighted by Crippen LogP contribution is 2.29. The van der Waals surface area contributed by atoms with Gasteiger partial charge in [-0.15, -0.1) is 0 Å². The number of amides is 3. The van der Waals surface area contributed by atoms with Gasteiger partial charge in [0.05, 0.1) is 5.41 Å². The summed E-state index contributed by atoms with van der Waals surface area (Å²) in [5.74, 6) is -4.70. The number of nitrogen functional groups attached to an aromatic ring is 2. The Morgan fingerprint density at radius 3 is 1.86 bits per heavy atom. The zero-order chi connectivity index (χ0) is 38.4. The minimum atomic E-state index is -5.08. The first-order chi connectivity index (χ1) is 23.8. The van der Waals surface area contributed by atoms with Gasteiger partial charge in [-0.3, -0.25) is 25.2 Å². The molecule has 0 heterocycles. The van der Waals surface area contributed by atoms with Crippen molar-refractivity contribution in [1.29, 1.82) is 10.8 Å². The monoisotopic (exact) mass is 713 g/mol. The second-order valence-corrected chi connectivity index (χ2v) is 11.7. The first-order valence-corrected chi connectivity index (χ1v) is 15.5. The Bertz CT molecular complexity index is 1670. The smallest absolute Gasteiger partial charge is 0.475 e. The maximum absolute atomic E-state index is 14.2. The maximum Gasteiger partial charge on any atom is 0.490 e. The number of carbonyl (C=O) groups is 4. The van der Waals surface area contributed by atoms with Gasteiger partial charge in [-0.05, 0) is 55.0 Å². The quantitative estimate of drug-likeness (QED) is 0.0474. The van der Waals surface area contributed by atoms with E-state index in [9.17, 15) is 27.6 Å². The number of carboxylic acid groups (broad SMARTS) is 1. The SMILES string of the molecule is C[C@](Cc1ccc(C(=N)N)cc1)(C(=O)N[C@@H](Cc1ccc(N)cc1)C(=O)N[C@@H](CCCNC(=N)N)C(N)=O)c1ccccc1.O=C(O)C(F)(F)F. The molecule has 0 bridgehead atoms. The fourth-order valence-electron chi connectivity index (χ4n) is 4.83. The van der Waals surface area contributed by atoms with Crippen molar-refractivity contribution in [3.63, 3.8) is 0 Å². The molecule has 3 atom stereocenters. The van der Waals surface area contributed by atoms with Crippen LogP contribution in [-0.2, 0) is 37.4 Å². The van der Waals surface area contributed by atoms with Crippen LogP contribution in [-0.4, -0.2) is 65.4 Å². The van der Waals surface area contributed by atoms with E-state index in [1.807, 2.05) is 49.4 Å². The van der Waals surface area contributed by atoms with E-state index >= 15 is 0 Å². The van der Waals surface area contributed by atoms with Gasteiger partial charge >= 0.3 is 12.1 Å². The lowest BCUT2D eigenvalue weighted by Crippen LogP contribution is -2.56. The van der Waals surface area contributed by atoms with Crippen molar-refractivity contribution >= 4 is 41.2 Å². The number of primary amides is 1. The van der Waals surface area contributed by atoms with Gasteiger partial charge in [0.15, 0.2) is 5.96 Å². The highest BCUT2D eigenvalue weighted by molar-refractivity contribution is 5.96. The molecule has 17 heteroatoms. The molecule has 14 N–H and O–H groups in total. The van der Waals surface area contributed by atoms with Crippen molar-refractivity contribution in [2.45, 2.75) is 56.3 Å². The first-order valence-electron chi connectivity index (χ1n) is 15.5. The van der Waals surface area contributed by atoms with E-state index in [1.165, 1.54) is 0 Å². The molecule has 3 aromatic rings.